The van der Waals surface area contributed by atoms with Crippen LogP contribution >= 0.6 is 0 Å². The van der Waals surface area contributed by atoms with E-state index in [4.69, 9.17) is 4.74 Å². The van der Waals surface area contributed by atoms with Crippen LogP contribution in [0.5, 0.6) is 0 Å². The van der Waals surface area contributed by atoms with Gasteiger partial charge in [0.1, 0.15) is 0 Å². The number of aryl methyl sites for hydroxylation is 1. The second-order valence-corrected chi connectivity index (χ2v) is 8.54. The van der Waals surface area contributed by atoms with Gasteiger partial charge < -0.3 is 14.2 Å². The maximum atomic E-state index is 12.7. The lowest BCUT2D eigenvalue weighted by molar-refractivity contribution is -0.134. The average Bonchev–Trinajstić information content (AvgIpc) is 3.16. The molecular weight excluding hydrogens is 342 g/mol. The first-order chi connectivity index (χ1) is 12.0. The van der Waals surface area contributed by atoms with E-state index in [1.165, 1.54) is 0 Å². The minimum atomic E-state index is -3.04. The highest BCUT2D eigenvalue weighted by Gasteiger charge is 2.34. The number of hydrogen-bond acceptors (Lipinski definition) is 5. The lowest BCUT2D eigenvalue weighted by atomic mass is 10.2. The summed E-state index contributed by atoms with van der Waals surface area (Å²) in [7, 11) is -1.46. The molecule has 2 heterocycles. The van der Waals surface area contributed by atoms with Crippen LogP contribution in [0, 0.1) is 0 Å². The van der Waals surface area contributed by atoms with Crippen LogP contribution in [0.15, 0.2) is 30.6 Å². The second-order valence-electron chi connectivity index (χ2n) is 6.31. The van der Waals surface area contributed by atoms with Crippen LogP contribution in [-0.4, -0.2) is 66.6 Å². The Morgan fingerprint density at radius 2 is 2.20 bits per heavy atom. The Hall–Kier alpha value is -1.93. The van der Waals surface area contributed by atoms with Gasteiger partial charge in [0.25, 0.3) is 0 Å². The molecule has 1 aromatic heterocycles. The SMILES string of the molecule is COCCN(C(=O)CCn1cnc2ccccc21)C1CCS(=O)(=O)C1. The molecule has 1 aliphatic rings. The van der Waals surface area contributed by atoms with Gasteiger partial charge in [-0.05, 0) is 18.6 Å². The first kappa shape index (κ1) is 17.9. The Kier molecular flexibility index (Phi) is 5.39. The molecule has 1 unspecified atom stereocenters. The van der Waals surface area contributed by atoms with E-state index in [-0.39, 0.29) is 23.5 Å². The zero-order valence-corrected chi connectivity index (χ0v) is 15.1. The van der Waals surface area contributed by atoms with E-state index in [0.717, 1.165) is 11.0 Å². The molecule has 7 nitrogen and oxygen atoms in total. The Balaban J connectivity index is 1.67. The predicted molar refractivity (Wildman–Crippen MR) is 95.0 cm³/mol. The summed E-state index contributed by atoms with van der Waals surface area (Å²) in [6, 6.07) is 7.53. The van der Waals surface area contributed by atoms with E-state index >= 15 is 0 Å². The number of imidazole rings is 1. The van der Waals surface area contributed by atoms with Crippen LogP contribution in [0.25, 0.3) is 11.0 Å². The number of ether oxygens (including phenoxy) is 1. The van der Waals surface area contributed by atoms with Gasteiger partial charge in [-0.2, -0.15) is 0 Å². The third kappa shape index (κ3) is 4.19. The lowest BCUT2D eigenvalue weighted by Crippen LogP contribution is -2.43. The van der Waals surface area contributed by atoms with Crippen LogP contribution in [0.3, 0.4) is 0 Å². The highest BCUT2D eigenvalue weighted by atomic mass is 32.2. The largest absolute Gasteiger partial charge is 0.383 e. The van der Waals surface area contributed by atoms with Crippen molar-refractivity contribution in [2.75, 3.05) is 31.8 Å². The molecule has 1 amide bonds. The molecule has 0 spiro atoms. The van der Waals surface area contributed by atoms with Gasteiger partial charge in [-0.1, -0.05) is 12.1 Å². The van der Waals surface area contributed by atoms with Gasteiger partial charge in [-0.3, -0.25) is 4.79 Å². The zero-order chi connectivity index (χ0) is 17.9. The monoisotopic (exact) mass is 365 g/mol. The van der Waals surface area contributed by atoms with Gasteiger partial charge in [0, 0.05) is 32.7 Å². The quantitative estimate of drug-likeness (QED) is 0.734. The number of rotatable bonds is 7. The highest BCUT2D eigenvalue weighted by Crippen LogP contribution is 2.19. The summed E-state index contributed by atoms with van der Waals surface area (Å²) in [4.78, 5) is 18.7. The molecule has 1 atom stereocenters. The summed E-state index contributed by atoms with van der Waals surface area (Å²) in [6.45, 7) is 1.33. The van der Waals surface area contributed by atoms with Gasteiger partial charge in [-0.15, -0.1) is 0 Å². The van der Waals surface area contributed by atoms with Crippen LogP contribution in [0.4, 0.5) is 0 Å². The fraction of sp³-hybridized carbons (Fsp3) is 0.529. The summed E-state index contributed by atoms with van der Waals surface area (Å²) in [5.41, 5.74) is 1.88. The van der Waals surface area contributed by atoms with Crippen LogP contribution < -0.4 is 0 Å². The van der Waals surface area contributed by atoms with Crippen molar-refractivity contribution in [3.05, 3.63) is 30.6 Å². The van der Waals surface area contributed by atoms with Gasteiger partial charge in [-0.25, -0.2) is 13.4 Å². The molecule has 1 aliphatic heterocycles. The molecule has 25 heavy (non-hydrogen) atoms. The van der Waals surface area contributed by atoms with Crippen molar-refractivity contribution in [3.63, 3.8) is 0 Å². The van der Waals surface area contributed by atoms with Crippen LogP contribution in [0.1, 0.15) is 12.8 Å². The first-order valence-electron chi connectivity index (χ1n) is 8.39. The van der Waals surface area contributed by atoms with E-state index in [9.17, 15) is 13.2 Å². The number of aromatic nitrogens is 2. The minimum Gasteiger partial charge on any atom is -0.383 e. The number of nitrogens with zero attached hydrogens (tertiary/aromatic N) is 3. The molecule has 0 radical (unpaired) electrons. The third-order valence-corrected chi connectivity index (χ3v) is 6.35. The van der Waals surface area contributed by atoms with E-state index in [1.807, 2.05) is 28.8 Å². The lowest BCUT2D eigenvalue weighted by Gasteiger charge is -2.28. The number of sulfone groups is 1. The number of benzene rings is 1. The standard InChI is InChI=1S/C17H23N3O4S/c1-24-10-9-20(14-7-11-25(22,23)12-14)17(21)6-8-19-13-18-15-4-2-3-5-16(15)19/h2-5,13-14H,6-12H2,1H3. The smallest absolute Gasteiger partial charge is 0.224 e. The predicted octanol–water partition coefficient (Wildman–Crippen LogP) is 1.09. The fourth-order valence-corrected chi connectivity index (χ4v) is 5.00. The summed E-state index contributed by atoms with van der Waals surface area (Å²) >= 11 is 0. The van der Waals surface area contributed by atoms with Crippen molar-refractivity contribution in [2.24, 2.45) is 0 Å². The van der Waals surface area contributed by atoms with Gasteiger partial charge >= 0.3 is 0 Å². The van der Waals surface area contributed by atoms with Crippen molar-refractivity contribution in [1.82, 2.24) is 14.5 Å². The molecule has 0 saturated carbocycles. The van der Waals surface area contributed by atoms with Crippen molar-refractivity contribution < 1.29 is 17.9 Å². The first-order valence-corrected chi connectivity index (χ1v) is 10.2. The molecule has 1 aromatic carbocycles. The van der Waals surface area contributed by atoms with Crippen LogP contribution in [0.2, 0.25) is 0 Å². The number of para-hydroxylation sites is 2. The summed E-state index contributed by atoms with van der Waals surface area (Å²) in [6.07, 6.45) is 2.55. The summed E-state index contributed by atoms with van der Waals surface area (Å²) in [5, 5.41) is 0. The molecule has 0 N–H and O–H groups in total. The molecule has 136 valence electrons. The zero-order valence-electron chi connectivity index (χ0n) is 14.3. The molecule has 0 bridgehead atoms. The molecule has 2 aromatic rings. The van der Waals surface area contributed by atoms with Crippen molar-refractivity contribution in [1.29, 1.82) is 0 Å². The van der Waals surface area contributed by atoms with Crippen molar-refractivity contribution in [3.8, 4) is 0 Å². The fourth-order valence-electron chi connectivity index (χ4n) is 3.27. The van der Waals surface area contributed by atoms with Gasteiger partial charge in [0.2, 0.25) is 5.91 Å². The van der Waals surface area contributed by atoms with Crippen molar-refractivity contribution >= 4 is 26.8 Å². The molecule has 3 rings (SSSR count). The van der Waals surface area contributed by atoms with Gasteiger partial charge in [0.05, 0.1) is 35.5 Å². The van der Waals surface area contributed by atoms with E-state index in [2.05, 4.69) is 4.98 Å². The topological polar surface area (TPSA) is 81.5 Å². The number of hydrogen-bond donors (Lipinski definition) is 0. The maximum Gasteiger partial charge on any atom is 0.224 e. The number of carbonyl (C=O) groups excluding carboxylic acids is 1. The number of fused-ring (bicyclic) bond motifs is 1. The number of methoxy groups -OCH3 is 1. The van der Waals surface area contributed by atoms with Crippen LogP contribution in [-0.2, 0) is 25.9 Å². The maximum absolute atomic E-state index is 12.7. The Labute approximate surface area is 147 Å². The third-order valence-electron chi connectivity index (χ3n) is 4.60. The highest BCUT2D eigenvalue weighted by molar-refractivity contribution is 7.91. The normalized spacial score (nSPS) is 19.3. The van der Waals surface area contributed by atoms with Crippen molar-refractivity contribution in [2.45, 2.75) is 25.4 Å². The Bertz CT molecular complexity index is 846. The van der Waals surface area contributed by atoms with Gasteiger partial charge in [0.15, 0.2) is 9.84 Å². The second kappa shape index (κ2) is 7.53. The molecule has 1 saturated heterocycles. The molecule has 8 heteroatoms. The molecular formula is C17H23N3O4S. The summed E-state index contributed by atoms with van der Waals surface area (Å²) in [5.74, 6) is 0.161. The number of amides is 1. The Morgan fingerprint density at radius 3 is 2.92 bits per heavy atom. The summed E-state index contributed by atoms with van der Waals surface area (Å²) < 4.78 is 30.5. The average molecular weight is 365 g/mol. The Morgan fingerprint density at radius 1 is 1.40 bits per heavy atom. The molecule has 0 aliphatic carbocycles. The van der Waals surface area contributed by atoms with E-state index < -0.39 is 9.84 Å². The molecule has 1 fully saturated rings. The van der Waals surface area contributed by atoms with E-state index in [1.54, 1.807) is 18.3 Å². The minimum absolute atomic E-state index is 0.0445. The number of carbonyl (C=O) groups is 1. The van der Waals surface area contributed by atoms with E-state index in [0.29, 0.717) is 32.5 Å².